The van der Waals surface area contributed by atoms with Crippen LogP contribution < -0.4 is 4.90 Å². The van der Waals surface area contributed by atoms with Crippen molar-refractivity contribution in [1.82, 2.24) is 0 Å². The van der Waals surface area contributed by atoms with E-state index in [1.807, 2.05) is 48.5 Å². The number of carbonyl (C=O) groups is 2. The van der Waals surface area contributed by atoms with Gasteiger partial charge in [0.05, 0.1) is 4.90 Å². The van der Waals surface area contributed by atoms with Gasteiger partial charge in [-0.25, -0.2) is 13.2 Å². The summed E-state index contributed by atoms with van der Waals surface area (Å²) >= 11 is 0. The molecule has 0 saturated carbocycles. The summed E-state index contributed by atoms with van der Waals surface area (Å²) in [5.41, 5.74) is 4.50. The Morgan fingerprint density at radius 3 is 1.94 bits per heavy atom. The minimum Gasteiger partial charge on any atom is -0.480 e. The first kappa shape index (κ1) is 21.6. The molecule has 0 bridgehead atoms. The molecule has 164 valence electrons. The first-order chi connectivity index (χ1) is 15.3. The van der Waals surface area contributed by atoms with Crippen LogP contribution in [0.5, 0.6) is 0 Å². The smallest absolute Gasteiger partial charge is 0.414 e. The summed E-state index contributed by atoms with van der Waals surface area (Å²) in [6, 6.07) is 21.2. The second-order valence-corrected chi connectivity index (χ2v) is 9.57. The summed E-state index contributed by atoms with van der Waals surface area (Å²) in [6.45, 7) is -0.570. The van der Waals surface area contributed by atoms with Crippen molar-refractivity contribution >= 4 is 27.6 Å². The third-order valence-electron chi connectivity index (χ3n) is 5.43. The van der Waals surface area contributed by atoms with E-state index in [1.165, 1.54) is 24.3 Å². The molecule has 3 aromatic rings. The first-order valence-electron chi connectivity index (χ1n) is 9.90. The van der Waals surface area contributed by atoms with Crippen LogP contribution in [-0.4, -0.2) is 45.0 Å². The first-order valence-corrected chi connectivity index (χ1v) is 11.8. The molecule has 8 heteroatoms. The van der Waals surface area contributed by atoms with Crippen LogP contribution in [-0.2, 0) is 19.4 Å². The molecule has 0 aromatic heterocycles. The summed E-state index contributed by atoms with van der Waals surface area (Å²) in [6.07, 6.45) is 0.254. The minimum atomic E-state index is -3.42. The zero-order valence-electron chi connectivity index (χ0n) is 17.3. The summed E-state index contributed by atoms with van der Waals surface area (Å²) in [7, 11) is -3.42. The Hall–Kier alpha value is -3.65. The van der Waals surface area contributed by atoms with Crippen LogP contribution in [0.15, 0.2) is 77.7 Å². The maximum absolute atomic E-state index is 12.9. The zero-order valence-corrected chi connectivity index (χ0v) is 18.1. The highest BCUT2D eigenvalue weighted by molar-refractivity contribution is 7.90. The lowest BCUT2D eigenvalue weighted by Crippen LogP contribution is -2.36. The van der Waals surface area contributed by atoms with E-state index in [0.29, 0.717) is 0 Å². The standard InChI is InChI=1S/C24H21NO6S/c1-32(29,30)17-12-10-16(11-13-17)25(14-23(26)27)24(28)31-15-22-20-8-4-2-6-18(20)19-7-3-5-9-21(19)22/h2-13,22H,14-15H2,1H3,(H,26,27). The number of carboxylic acid groups (broad SMARTS) is 1. The van der Waals surface area contributed by atoms with Gasteiger partial charge in [0, 0.05) is 17.9 Å². The van der Waals surface area contributed by atoms with Crippen molar-refractivity contribution in [2.24, 2.45) is 0 Å². The van der Waals surface area contributed by atoms with Gasteiger partial charge in [0.25, 0.3) is 0 Å². The Labute approximate surface area is 185 Å². The van der Waals surface area contributed by atoms with Crippen LogP contribution in [0.3, 0.4) is 0 Å². The molecule has 0 spiro atoms. The fourth-order valence-electron chi connectivity index (χ4n) is 3.94. The van der Waals surface area contributed by atoms with Crippen molar-refractivity contribution in [3.05, 3.63) is 83.9 Å². The molecule has 0 atom stereocenters. The summed E-state index contributed by atoms with van der Waals surface area (Å²) in [5.74, 6) is -1.38. The van der Waals surface area contributed by atoms with E-state index < -0.39 is 28.4 Å². The Balaban J connectivity index is 1.57. The number of aliphatic carboxylic acids is 1. The summed E-state index contributed by atoms with van der Waals surface area (Å²) in [4.78, 5) is 25.3. The molecular weight excluding hydrogens is 430 g/mol. The molecule has 1 N–H and O–H groups in total. The highest BCUT2D eigenvalue weighted by Gasteiger charge is 2.30. The number of ether oxygens (including phenoxy) is 1. The van der Waals surface area contributed by atoms with Gasteiger partial charge >= 0.3 is 12.1 Å². The molecule has 1 amide bonds. The maximum Gasteiger partial charge on any atom is 0.414 e. The number of anilines is 1. The molecule has 4 rings (SSSR count). The van der Waals surface area contributed by atoms with E-state index in [1.54, 1.807) is 0 Å². The average molecular weight is 452 g/mol. The lowest BCUT2D eigenvalue weighted by molar-refractivity contribution is -0.135. The summed E-state index contributed by atoms with van der Waals surface area (Å²) in [5, 5.41) is 9.27. The molecule has 32 heavy (non-hydrogen) atoms. The quantitative estimate of drug-likeness (QED) is 0.609. The van der Waals surface area contributed by atoms with Gasteiger partial charge < -0.3 is 9.84 Å². The van der Waals surface area contributed by atoms with Crippen molar-refractivity contribution < 1.29 is 27.9 Å². The third kappa shape index (κ3) is 4.22. The van der Waals surface area contributed by atoms with Gasteiger partial charge in [0.1, 0.15) is 13.2 Å². The SMILES string of the molecule is CS(=O)(=O)c1ccc(N(CC(=O)O)C(=O)OCC2c3ccccc3-c3ccccc32)cc1. The normalized spacial score (nSPS) is 12.7. The fraction of sp³-hybridized carbons (Fsp3) is 0.167. The Bertz CT molecular complexity index is 1240. The maximum atomic E-state index is 12.9. The number of carbonyl (C=O) groups excluding carboxylic acids is 1. The molecular formula is C24H21NO6S. The minimum absolute atomic E-state index is 0.0460. The van der Waals surface area contributed by atoms with E-state index in [0.717, 1.165) is 33.4 Å². The highest BCUT2D eigenvalue weighted by Crippen LogP contribution is 2.44. The largest absolute Gasteiger partial charge is 0.480 e. The molecule has 0 unspecified atom stereocenters. The van der Waals surface area contributed by atoms with Crippen molar-refractivity contribution in [1.29, 1.82) is 0 Å². The van der Waals surface area contributed by atoms with Crippen LogP contribution in [0.2, 0.25) is 0 Å². The van der Waals surface area contributed by atoms with Gasteiger partial charge in [0.15, 0.2) is 9.84 Å². The van der Waals surface area contributed by atoms with Crippen LogP contribution in [0.1, 0.15) is 17.0 Å². The molecule has 0 fully saturated rings. The number of rotatable bonds is 6. The van der Waals surface area contributed by atoms with Gasteiger partial charge in [0.2, 0.25) is 0 Å². The topological polar surface area (TPSA) is 101 Å². The van der Waals surface area contributed by atoms with Gasteiger partial charge in [-0.15, -0.1) is 0 Å². The van der Waals surface area contributed by atoms with Gasteiger partial charge in [-0.2, -0.15) is 0 Å². The number of hydrogen-bond acceptors (Lipinski definition) is 5. The van der Waals surface area contributed by atoms with Crippen LogP contribution in [0.25, 0.3) is 11.1 Å². The predicted molar refractivity (Wildman–Crippen MR) is 120 cm³/mol. The molecule has 1 aliphatic rings. The van der Waals surface area contributed by atoms with E-state index >= 15 is 0 Å². The number of carboxylic acids is 1. The van der Waals surface area contributed by atoms with E-state index in [9.17, 15) is 23.1 Å². The van der Waals surface area contributed by atoms with E-state index in [-0.39, 0.29) is 23.1 Å². The van der Waals surface area contributed by atoms with Gasteiger partial charge in [-0.3, -0.25) is 9.69 Å². The molecule has 0 aliphatic heterocycles. The lowest BCUT2D eigenvalue weighted by atomic mass is 9.98. The van der Waals surface area contributed by atoms with Crippen LogP contribution in [0.4, 0.5) is 10.5 Å². The molecule has 0 heterocycles. The molecule has 1 aliphatic carbocycles. The molecule has 3 aromatic carbocycles. The number of sulfone groups is 1. The Morgan fingerprint density at radius 2 is 1.44 bits per heavy atom. The predicted octanol–water partition coefficient (Wildman–Crippen LogP) is 3.93. The van der Waals surface area contributed by atoms with E-state index in [2.05, 4.69) is 0 Å². The summed E-state index contributed by atoms with van der Waals surface area (Å²) < 4.78 is 28.9. The number of fused-ring (bicyclic) bond motifs is 3. The zero-order chi connectivity index (χ0) is 22.9. The van der Waals surface area contributed by atoms with Crippen molar-refractivity contribution in [3.63, 3.8) is 0 Å². The molecule has 0 saturated heterocycles. The van der Waals surface area contributed by atoms with Crippen molar-refractivity contribution in [3.8, 4) is 11.1 Å². The monoisotopic (exact) mass is 451 g/mol. The number of amides is 1. The number of nitrogens with zero attached hydrogens (tertiary/aromatic N) is 1. The Kier molecular flexibility index (Phi) is 5.71. The molecule has 7 nitrogen and oxygen atoms in total. The highest BCUT2D eigenvalue weighted by atomic mass is 32.2. The van der Waals surface area contributed by atoms with Gasteiger partial charge in [-0.1, -0.05) is 48.5 Å². The third-order valence-corrected chi connectivity index (χ3v) is 6.55. The second-order valence-electron chi connectivity index (χ2n) is 7.55. The van der Waals surface area contributed by atoms with Crippen LogP contribution >= 0.6 is 0 Å². The van der Waals surface area contributed by atoms with Gasteiger partial charge in [-0.05, 0) is 46.5 Å². The average Bonchev–Trinajstić information content (AvgIpc) is 3.09. The van der Waals surface area contributed by atoms with E-state index in [4.69, 9.17) is 4.74 Å². The number of benzene rings is 3. The molecule has 0 radical (unpaired) electrons. The van der Waals surface area contributed by atoms with Crippen LogP contribution in [0, 0.1) is 0 Å². The lowest BCUT2D eigenvalue weighted by Gasteiger charge is -2.22. The fourth-order valence-corrected chi connectivity index (χ4v) is 4.57. The Morgan fingerprint density at radius 1 is 0.906 bits per heavy atom. The van der Waals surface area contributed by atoms with Crippen molar-refractivity contribution in [2.75, 3.05) is 24.3 Å². The van der Waals surface area contributed by atoms with Crippen molar-refractivity contribution in [2.45, 2.75) is 10.8 Å². The second kappa shape index (κ2) is 8.47. The number of hydrogen-bond donors (Lipinski definition) is 1.